The van der Waals surface area contributed by atoms with Gasteiger partial charge in [0.15, 0.2) is 0 Å². The fraction of sp³-hybridized carbons (Fsp3) is 0.533. The van der Waals surface area contributed by atoms with Crippen molar-refractivity contribution >= 4 is 11.6 Å². The second-order valence-electron chi connectivity index (χ2n) is 4.84. The third-order valence-electron chi connectivity index (χ3n) is 2.92. The SMILES string of the molecule is CCC(C)c1ccc(NC(=O)COC(C)C)cc1. The molecule has 0 saturated heterocycles. The summed E-state index contributed by atoms with van der Waals surface area (Å²) < 4.78 is 5.24. The van der Waals surface area contributed by atoms with E-state index in [-0.39, 0.29) is 18.6 Å². The molecule has 1 N–H and O–H groups in total. The lowest BCUT2D eigenvalue weighted by molar-refractivity contribution is -0.121. The van der Waals surface area contributed by atoms with E-state index in [1.165, 1.54) is 5.56 Å². The van der Waals surface area contributed by atoms with E-state index in [9.17, 15) is 4.79 Å². The summed E-state index contributed by atoms with van der Waals surface area (Å²) >= 11 is 0. The van der Waals surface area contributed by atoms with Crippen molar-refractivity contribution in [2.45, 2.75) is 46.1 Å². The van der Waals surface area contributed by atoms with Crippen LogP contribution < -0.4 is 5.32 Å². The molecule has 0 bridgehead atoms. The Morgan fingerprint density at radius 2 is 1.83 bits per heavy atom. The average Bonchev–Trinajstić information content (AvgIpc) is 2.36. The summed E-state index contributed by atoms with van der Waals surface area (Å²) in [6, 6.07) is 8.00. The molecule has 3 nitrogen and oxygen atoms in total. The smallest absolute Gasteiger partial charge is 0.250 e. The first-order valence-corrected chi connectivity index (χ1v) is 6.54. The summed E-state index contributed by atoms with van der Waals surface area (Å²) in [7, 11) is 0. The van der Waals surface area contributed by atoms with Crippen molar-refractivity contribution in [2.75, 3.05) is 11.9 Å². The molecule has 1 aromatic rings. The Morgan fingerprint density at radius 1 is 1.22 bits per heavy atom. The quantitative estimate of drug-likeness (QED) is 0.837. The van der Waals surface area contributed by atoms with Crippen LogP contribution >= 0.6 is 0 Å². The summed E-state index contributed by atoms with van der Waals surface area (Å²) in [5.74, 6) is 0.444. The summed E-state index contributed by atoms with van der Waals surface area (Å²) in [5, 5.41) is 2.82. The maximum absolute atomic E-state index is 11.6. The number of anilines is 1. The van der Waals surface area contributed by atoms with Gasteiger partial charge >= 0.3 is 0 Å². The van der Waals surface area contributed by atoms with Crippen LogP contribution in [0.4, 0.5) is 5.69 Å². The van der Waals surface area contributed by atoms with Crippen molar-refractivity contribution in [1.82, 2.24) is 0 Å². The number of nitrogens with one attached hydrogen (secondary N) is 1. The molecule has 0 aromatic heterocycles. The minimum Gasteiger partial charge on any atom is -0.369 e. The number of amides is 1. The van der Waals surface area contributed by atoms with E-state index in [4.69, 9.17) is 4.74 Å². The third kappa shape index (κ3) is 4.88. The third-order valence-corrected chi connectivity index (χ3v) is 2.92. The molecule has 1 unspecified atom stereocenters. The van der Waals surface area contributed by atoms with Gasteiger partial charge in [0.1, 0.15) is 6.61 Å². The van der Waals surface area contributed by atoms with Crippen molar-refractivity contribution in [3.05, 3.63) is 29.8 Å². The van der Waals surface area contributed by atoms with Crippen LogP contribution in [-0.2, 0) is 9.53 Å². The first-order chi connectivity index (χ1) is 8.52. The largest absolute Gasteiger partial charge is 0.369 e. The molecule has 1 aromatic carbocycles. The lowest BCUT2D eigenvalue weighted by Gasteiger charge is -2.11. The number of ether oxygens (including phenoxy) is 1. The zero-order valence-electron chi connectivity index (χ0n) is 11.7. The monoisotopic (exact) mass is 249 g/mol. The van der Waals surface area contributed by atoms with E-state index < -0.39 is 0 Å². The first-order valence-electron chi connectivity index (χ1n) is 6.54. The van der Waals surface area contributed by atoms with Crippen LogP contribution in [0.5, 0.6) is 0 Å². The Balaban J connectivity index is 2.50. The molecular formula is C15H23NO2. The van der Waals surface area contributed by atoms with Crippen LogP contribution in [0.1, 0.15) is 45.6 Å². The van der Waals surface area contributed by atoms with E-state index in [0.717, 1.165) is 12.1 Å². The van der Waals surface area contributed by atoms with Gasteiger partial charge in [0, 0.05) is 5.69 Å². The Kier molecular flexibility index (Phi) is 5.86. The maximum Gasteiger partial charge on any atom is 0.250 e. The highest BCUT2D eigenvalue weighted by atomic mass is 16.5. The Labute approximate surface area is 110 Å². The van der Waals surface area contributed by atoms with Gasteiger partial charge in [-0.15, -0.1) is 0 Å². The molecule has 0 aliphatic heterocycles. The molecule has 0 radical (unpaired) electrons. The maximum atomic E-state index is 11.6. The predicted molar refractivity (Wildman–Crippen MR) is 74.9 cm³/mol. The number of hydrogen-bond donors (Lipinski definition) is 1. The number of benzene rings is 1. The van der Waals surface area contributed by atoms with E-state index in [0.29, 0.717) is 5.92 Å². The van der Waals surface area contributed by atoms with Crippen molar-refractivity contribution in [2.24, 2.45) is 0 Å². The van der Waals surface area contributed by atoms with E-state index in [2.05, 4.69) is 31.3 Å². The van der Waals surface area contributed by atoms with Gasteiger partial charge in [0.05, 0.1) is 6.10 Å². The minimum atomic E-state index is -0.111. The molecule has 0 spiro atoms. The van der Waals surface area contributed by atoms with Crippen LogP contribution in [0.3, 0.4) is 0 Å². The number of hydrogen-bond acceptors (Lipinski definition) is 2. The van der Waals surface area contributed by atoms with Crippen LogP contribution in [0.25, 0.3) is 0 Å². The molecule has 18 heavy (non-hydrogen) atoms. The molecule has 3 heteroatoms. The second-order valence-corrected chi connectivity index (χ2v) is 4.84. The molecule has 0 saturated carbocycles. The predicted octanol–water partition coefficient (Wildman–Crippen LogP) is 3.56. The van der Waals surface area contributed by atoms with E-state index >= 15 is 0 Å². The van der Waals surface area contributed by atoms with Crippen molar-refractivity contribution in [3.63, 3.8) is 0 Å². The van der Waals surface area contributed by atoms with Crippen LogP contribution in [0.2, 0.25) is 0 Å². The highest BCUT2D eigenvalue weighted by Crippen LogP contribution is 2.20. The fourth-order valence-corrected chi connectivity index (χ4v) is 1.57. The molecule has 1 amide bonds. The summed E-state index contributed by atoms with van der Waals surface area (Å²) in [4.78, 5) is 11.6. The molecule has 1 atom stereocenters. The molecule has 0 fully saturated rings. The van der Waals surface area contributed by atoms with Gasteiger partial charge in [0.25, 0.3) is 0 Å². The van der Waals surface area contributed by atoms with Crippen LogP contribution in [0.15, 0.2) is 24.3 Å². The normalized spacial score (nSPS) is 12.5. The number of carbonyl (C=O) groups is 1. The van der Waals surface area contributed by atoms with Gasteiger partial charge in [-0.2, -0.15) is 0 Å². The molecule has 0 aliphatic rings. The molecule has 0 heterocycles. The molecule has 0 aliphatic carbocycles. The summed E-state index contributed by atoms with van der Waals surface area (Å²) in [6.07, 6.45) is 1.19. The van der Waals surface area contributed by atoms with E-state index in [1.54, 1.807) is 0 Å². The number of rotatable bonds is 6. The van der Waals surface area contributed by atoms with Gasteiger partial charge in [-0.25, -0.2) is 0 Å². The standard InChI is InChI=1S/C15H23NO2/c1-5-12(4)13-6-8-14(9-7-13)16-15(17)10-18-11(2)3/h6-9,11-12H,5,10H2,1-4H3,(H,16,17). The Morgan fingerprint density at radius 3 is 2.33 bits per heavy atom. The first kappa shape index (κ1) is 14.7. The van der Waals surface area contributed by atoms with Gasteiger partial charge < -0.3 is 10.1 Å². The highest BCUT2D eigenvalue weighted by Gasteiger charge is 2.05. The lowest BCUT2D eigenvalue weighted by Crippen LogP contribution is -2.20. The Hall–Kier alpha value is -1.35. The zero-order valence-corrected chi connectivity index (χ0v) is 11.7. The fourth-order valence-electron chi connectivity index (χ4n) is 1.57. The van der Waals surface area contributed by atoms with Gasteiger partial charge in [-0.05, 0) is 43.9 Å². The minimum absolute atomic E-state index is 0.0727. The molecule has 100 valence electrons. The van der Waals surface area contributed by atoms with Crippen LogP contribution in [0, 0.1) is 0 Å². The van der Waals surface area contributed by atoms with Crippen molar-refractivity contribution in [3.8, 4) is 0 Å². The lowest BCUT2D eigenvalue weighted by atomic mass is 9.99. The van der Waals surface area contributed by atoms with Gasteiger partial charge in [-0.3, -0.25) is 4.79 Å². The topological polar surface area (TPSA) is 38.3 Å². The number of carbonyl (C=O) groups excluding carboxylic acids is 1. The van der Waals surface area contributed by atoms with Gasteiger partial charge in [-0.1, -0.05) is 26.0 Å². The average molecular weight is 249 g/mol. The molecular weight excluding hydrogens is 226 g/mol. The van der Waals surface area contributed by atoms with Gasteiger partial charge in [0.2, 0.25) is 5.91 Å². The van der Waals surface area contributed by atoms with Crippen LogP contribution in [-0.4, -0.2) is 18.6 Å². The van der Waals surface area contributed by atoms with Crippen molar-refractivity contribution in [1.29, 1.82) is 0 Å². The van der Waals surface area contributed by atoms with E-state index in [1.807, 2.05) is 26.0 Å². The second kappa shape index (κ2) is 7.17. The van der Waals surface area contributed by atoms with Crippen molar-refractivity contribution < 1.29 is 9.53 Å². The summed E-state index contributed by atoms with van der Waals surface area (Å²) in [6.45, 7) is 8.29. The molecule has 1 rings (SSSR count). The zero-order chi connectivity index (χ0) is 13.5. The summed E-state index contributed by atoms with van der Waals surface area (Å²) in [5.41, 5.74) is 2.12. The highest BCUT2D eigenvalue weighted by molar-refractivity contribution is 5.91. The Bertz CT molecular complexity index is 371.